The number of carbonyl (C=O) groups excluding carboxylic acids is 1. The minimum Gasteiger partial charge on any atom is -0.366 e. The van der Waals surface area contributed by atoms with Crippen molar-refractivity contribution in [2.75, 3.05) is 29.9 Å². The molecule has 2 atom stereocenters. The molecular weight excluding hydrogens is 545 g/mol. The summed E-state index contributed by atoms with van der Waals surface area (Å²) in [6, 6.07) is 9.42. The Morgan fingerprint density at radius 2 is 1.90 bits per heavy atom. The molecular formula is C30H33F3N8O. The van der Waals surface area contributed by atoms with Crippen LogP contribution in [-0.2, 0) is 13.2 Å². The minimum atomic E-state index is -4.54. The van der Waals surface area contributed by atoms with Crippen molar-refractivity contribution in [1.82, 2.24) is 29.7 Å². The molecule has 2 bridgehead atoms. The van der Waals surface area contributed by atoms with Crippen LogP contribution in [0.25, 0.3) is 16.9 Å². The van der Waals surface area contributed by atoms with Crippen LogP contribution in [0.5, 0.6) is 0 Å². The number of benzene rings is 2. The number of amides is 1. The highest BCUT2D eigenvalue weighted by Gasteiger charge is 2.43. The molecule has 2 aromatic heterocycles. The molecule has 0 saturated carbocycles. The zero-order valence-corrected chi connectivity index (χ0v) is 24.0. The highest BCUT2D eigenvalue weighted by Crippen LogP contribution is 2.39. The number of piperazine rings is 1. The first-order valence-electron chi connectivity index (χ1n) is 14.1. The molecule has 1 N–H and O–H groups in total. The third-order valence-corrected chi connectivity index (χ3v) is 8.42. The Bertz CT molecular complexity index is 1640. The topological polar surface area (TPSA) is 84.1 Å². The van der Waals surface area contributed by atoms with E-state index in [1.165, 1.54) is 6.07 Å². The SMILES string of the molecule is CCCN1CC2CC1CN2c1cc(NC(=O)c2ccc(C)c(-n3cc(-c4cnn(C)c4C)nn3)c2)cc(C(F)(F)F)c1. The second kappa shape index (κ2) is 10.6. The van der Waals surface area contributed by atoms with E-state index in [1.54, 1.807) is 46.0 Å². The first-order chi connectivity index (χ1) is 20.0. The second-order valence-electron chi connectivity index (χ2n) is 11.2. The molecule has 2 aromatic carbocycles. The van der Waals surface area contributed by atoms with E-state index in [0.29, 0.717) is 35.2 Å². The molecule has 2 aliphatic heterocycles. The van der Waals surface area contributed by atoms with Gasteiger partial charge in [0.1, 0.15) is 5.69 Å². The number of fused-ring (bicyclic) bond motifs is 2. The number of aromatic nitrogens is 5. The zero-order valence-electron chi connectivity index (χ0n) is 24.0. The lowest BCUT2D eigenvalue weighted by Gasteiger charge is -2.36. The molecule has 4 heterocycles. The summed E-state index contributed by atoms with van der Waals surface area (Å²) < 4.78 is 45.1. The van der Waals surface area contributed by atoms with E-state index in [-0.39, 0.29) is 11.7 Å². The summed E-state index contributed by atoms with van der Waals surface area (Å²) in [6.45, 7) is 8.47. The maximum atomic E-state index is 13.9. The summed E-state index contributed by atoms with van der Waals surface area (Å²) >= 11 is 0. The fourth-order valence-corrected chi connectivity index (χ4v) is 6.10. The second-order valence-corrected chi connectivity index (χ2v) is 11.2. The third kappa shape index (κ3) is 5.15. The predicted molar refractivity (Wildman–Crippen MR) is 154 cm³/mol. The van der Waals surface area contributed by atoms with E-state index in [0.717, 1.165) is 48.8 Å². The van der Waals surface area contributed by atoms with Crippen LogP contribution in [0.2, 0.25) is 0 Å². The van der Waals surface area contributed by atoms with Crippen molar-refractivity contribution < 1.29 is 18.0 Å². The highest BCUT2D eigenvalue weighted by atomic mass is 19.4. The standard InChI is InChI=1S/C30H33F3N8O/c1-5-8-39-15-25-13-24(39)16-40(25)23-11-21(30(31,32)33)10-22(12-23)35-29(42)20-7-6-18(2)28(9-20)41-17-27(36-37-41)26-14-34-38(4)19(26)3/h6-7,9-12,14,17,24-25H,5,8,13,15-16H2,1-4H3,(H,35,42). The summed E-state index contributed by atoms with van der Waals surface area (Å²) in [5.74, 6) is -0.512. The van der Waals surface area contributed by atoms with Gasteiger partial charge in [-0.15, -0.1) is 5.10 Å². The van der Waals surface area contributed by atoms with Crippen molar-refractivity contribution in [3.8, 4) is 16.9 Å². The molecule has 1 amide bonds. The largest absolute Gasteiger partial charge is 0.416 e. The van der Waals surface area contributed by atoms with Crippen LogP contribution in [0.15, 0.2) is 48.8 Å². The van der Waals surface area contributed by atoms with Gasteiger partial charge in [0, 0.05) is 60.4 Å². The molecule has 220 valence electrons. The fraction of sp³-hybridized carbons (Fsp3) is 0.400. The predicted octanol–water partition coefficient (Wildman–Crippen LogP) is 5.23. The molecule has 9 nitrogen and oxygen atoms in total. The average molecular weight is 579 g/mol. The molecule has 2 fully saturated rings. The van der Waals surface area contributed by atoms with Crippen molar-refractivity contribution in [3.63, 3.8) is 0 Å². The fourth-order valence-electron chi connectivity index (χ4n) is 6.10. The van der Waals surface area contributed by atoms with E-state index in [9.17, 15) is 18.0 Å². The summed E-state index contributed by atoms with van der Waals surface area (Å²) in [5.41, 5.74) is 4.01. The molecule has 0 radical (unpaired) electrons. The van der Waals surface area contributed by atoms with Crippen LogP contribution < -0.4 is 10.2 Å². The molecule has 2 aliphatic rings. The van der Waals surface area contributed by atoms with E-state index in [4.69, 9.17) is 0 Å². The van der Waals surface area contributed by atoms with Crippen molar-refractivity contribution >= 4 is 17.3 Å². The van der Waals surface area contributed by atoms with Crippen molar-refractivity contribution in [1.29, 1.82) is 0 Å². The number of nitrogens with zero attached hydrogens (tertiary/aromatic N) is 7. The lowest BCUT2D eigenvalue weighted by atomic mass is 10.1. The lowest BCUT2D eigenvalue weighted by molar-refractivity contribution is -0.137. The minimum absolute atomic E-state index is 0.107. The third-order valence-electron chi connectivity index (χ3n) is 8.42. The number of hydrogen-bond acceptors (Lipinski definition) is 6. The first-order valence-corrected chi connectivity index (χ1v) is 14.1. The van der Waals surface area contributed by atoms with Crippen LogP contribution in [0, 0.1) is 13.8 Å². The Hall–Kier alpha value is -4.19. The van der Waals surface area contributed by atoms with Crippen LogP contribution in [-0.4, -0.2) is 67.3 Å². The summed E-state index contributed by atoms with van der Waals surface area (Å²) in [5, 5.41) is 15.5. The molecule has 0 aliphatic carbocycles. The average Bonchev–Trinajstić information content (AvgIpc) is 3.74. The van der Waals surface area contributed by atoms with E-state index in [1.807, 2.05) is 20.9 Å². The number of likely N-dealkylation sites (tertiary alicyclic amines) is 1. The van der Waals surface area contributed by atoms with Gasteiger partial charge in [-0.05, 0) is 69.1 Å². The number of aryl methyl sites for hydroxylation is 2. The monoisotopic (exact) mass is 578 g/mol. The number of nitrogens with one attached hydrogen (secondary N) is 1. The van der Waals surface area contributed by atoms with Crippen LogP contribution in [0.4, 0.5) is 24.5 Å². The molecule has 4 aromatic rings. The number of halogens is 3. The van der Waals surface area contributed by atoms with E-state index >= 15 is 0 Å². The van der Waals surface area contributed by atoms with Gasteiger partial charge in [0.2, 0.25) is 0 Å². The van der Waals surface area contributed by atoms with Crippen LogP contribution >= 0.6 is 0 Å². The lowest BCUT2D eigenvalue weighted by Crippen LogP contribution is -2.46. The van der Waals surface area contributed by atoms with Gasteiger partial charge in [-0.3, -0.25) is 14.4 Å². The van der Waals surface area contributed by atoms with Gasteiger partial charge >= 0.3 is 6.18 Å². The van der Waals surface area contributed by atoms with Gasteiger partial charge in [0.05, 0.1) is 23.6 Å². The maximum absolute atomic E-state index is 13.9. The molecule has 2 unspecified atom stereocenters. The number of anilines is 2. The normalized spacial score (nSPS) is 18.7. The van der Waals surface area contributed by atoms with Crippen molar-refractivity contribution in [2.45, 2.75) is 51.9 Å². The van der Waals surface area contributed by atoms with Crippen LogP contribution in [0.3, 0.4) is 0 Å². The highest BCUT2D eigenvalue weighted by molar-refractivity contribution is 6.05. The van der Waals surface area contributed by atoms with Gasteiger partial charge in [-0.1, -0.05) is 18.2 Å². The van der Waals surface area contributed by atoms with Gasteiger partial charge in [0.25, 0.3) is 5.91 Å². The number of alkyl halides is 3. The maximum Gasteiger partial charge on any atom is 0.416 e. The van der Waals surface area contributed by atoms with Gasteiger partial charge in [0.15, 0.2) is 0 Å². The van der Waals surface area contributed by atoms with Crippen molar-refractivity contribution in [2.24, 2.45) is 7.05 Å². The summed E-state index contributed by atoms with van der Waals surface area (Å²) in [4.78, 5) is 17.8. The Kier molecular flexibility index (Phi) is 7.04. The number of rotatable bonds is 7. The van der Waals surface area contributed by atoms with Gasteiger partial charge < -0.3 is 10.2 Å². The van der Waals surface area contributed by atoms with Crippen LogP contribution in [0.1, 0.15) is 46.9 Å². The molecule has 12 heteroatoms. The number of carbonyl (C=O) groups is 1. The Labute approximate surface area is 241 Å². The first kappa shape index (κ1) is 28.0. The Morgan fingerprint density at radius 3 is 2.57 bits per heavy atom. The Balaban J connectivity index is 1.26. The van der Waals surface area contributed by atoms with Gasteiger partial charge in [-0.2, -0.15) is 18.3 Å². The smallest absolute Gasteiger partial charge is 0.366 e. The molecule has 42 heavy (non-hydrogen) atoms. The quantitative estimate of drug-likeness (QED) is 0.324. The molecule has 0 spiro atoms. The molecule has 2 saturated heterocycles. The summed E-state index contributed by atoms with van der Waals surface area (Å²) in [7, 11) is 1.85. The van der Waals surface area contributed by atoms with E-state index in [2.05, 4.69) is 37.5 Å². The van der Waals surface area contributed by atoms with Gasteiger partial charge in [-0.25, -0.2) is 4.68 Å². The zero-order chi connectivity index (χ0) is 29.8. The molecule has 6 rings (SSSR count). The van der Waals surface area contributed by atoms with E-state index < -0.39 is 17.6 Å². The Morgan fingerprint density at radius 1 is 1.10 bits per heavy atom. The summed E-state index contributed by atoms with van der Waals surface area (Å²) in [6.07, 6.45) is 0.925. The van der Waals surface area contributed by atoms with Crippen molar-refractivity contribution in [3.05, 3.63) is 71.2 Å². The number of hydrogen-bond donors (Lipinski definition) is 1.